The molecule has 0 atom stereocenters. The second-order valence-corrected chi connectivity index (χ2v) is 7.10. The molecule has 2 aromatic carbocycles. The zero-order valence-corrected chi connectivity index (χ0v) is 17.2. The van der Waals surface area contributed by atoms with Crippen molar-refractivity contribution in [2.45, 2.75) is 65.2 Å². The molecule has 0 bridgehead atoms. The molecule has 0 radical (unpaired) electrons. The lowest BCUT2D eigenvalue weighted by molar-refractivity contribution is 0.0452. The summed E-state index contributed by atoms with van der Waals surface area (Å²) in [5, 5.41) is 1.63. The maximum Gasteiger partial charge on any atom is 0.339 e. The van der Waals surface area contributed by atoms with E-state index in [0.29, 0.717) is 18.8 Å². The summed E-state index contributed by atoms with van der Waals surface area (Å²) in [6, 6.07) is 11.1. The van der Waals surface area contributed by atoms with Crippen molar-refractivity contribution in [1.82, 2.24) is 0 Å². The zero-order chi connectivity index (χ0) is 20.2. The molecule has 0 spiro atoms. The minimum absolute atomic E-state index is 0.285. The first kappa shape index (κ1) is 21.9. The van der Waals surface area contributed by atoms with E-state index in [4.69, 9.17) is 9.47 Å². The summed E-state index contributed by atoms with van der Waals surface area (Å²) < 4.78 is 10.9. The van der Waals surface area contributed by atoms with E-state index in [2.05, 4.69) is 13.8 Å². The number of fused-ring (bicyclic) bond motifs is 1. The highest BCUT2D eigenvalue weighted by atomic mass is 16.5. The summed E-state index contributed by atoms with van der Waals surface area (Å²) in [5.74, 6) is -0.911. The van der Waals surface area contributed by atoms with Gasteiger partial charge >= 0.3 is 11.9 Å². The van der Waals surface area contributed by atoms with Crippen molar-refractivity contribution in [2.24, 2.45) is 0 Å². The standard InChI is InChI=1S/C24H32O4/c1-3-5-7-11-17-27-23(25)21-16-15-19-13-9-10-14-20(19)22(21)24(26)28-18-12-8-6-4-2/h9-10,13-16H,3-8,11-12,17-18H2,1-2H3. The fraction of sp³-hybridized carbons (Fsp3) is 0.500. The molecule has 0 fully saturated rings. The van der Waals surface area contributed by atoms with Crippen molar-refractivity contribution < 1.29 is 19.1 Å². The largest absolute Gasteiger partial charge is 0.462 e. The van der Waals surface area contributed by atoms with Gasteiger partial charge in [-0.05, 0) is 29.7 Å². The van der Waals surface area contributed by atoms with Crippen LogP contribution in [0.4, 0.5) is 0 Å². The number of hydrogen-bond acceptors (Lipinski definition) is 4. The van der Waals surface area contributed by atoms with Crippen LogP contribution in [0.3, 0.4) is 0 Å². The van der Waals surface area contributed by atoms with Crippen LogP contribution in [0.1, 0.15) is 85.9 Å². The van der Waals surface area contributed by atoms with Gasteiger partial charge in [0.05, 0.1) is 24.3 Å². The van der Waals surface area contributed by atoms with Gasteiger partial charge in [0.15, 0.2) is 0 Å². The molecular weight excluding hydrogens is 352 g/mol. The molecule has 2 aromatic rings. The van der Waals surface area contributed by atoms with Gasteiger partial charge < -0.3 is 9.47 Å². The molecule has 0 unspecified atom stereocenters. The molecule has 0 amide bonds. The van der Waals surface area contributed by atoms with E-state index in [1.54, 1.807) is 6.07 Å². The Morgan fingerprint density at radius 1 is 0.714 bits per heavy atom. The predicted molar refractivity (Wildman–Crippen MR) is 113 cm³/mol. The van der Waals surface area contributed by atoms with E-state index in [9.17, 15) is 9.59 Å². The summed E-state index contributed by atoms with van der Waals surface area (Å²) in [5.41, 5.74) is 0.597. The average molecular weight is 385 g/mol. The van der Waals surface area contributed by atoms with Gasteiger partial charge in [0.2, 0.25) is 0 Å². The van der Waals surface area contributed by atoms with Crippen LogP contribution in [0.25, 0.3) is 10.8 Å². The minimum Gasteiger partial charge on any atom is -0.462 e. The molecule has 4 nitrogen and oxygen atoms in total. The normalized spacial score (nSPS) is 10.8. The maximum absolute atomic E-state index is 12.8. The Morgan fingerprint density at radius 2 is 1.32 bits per heavy atom. The third-order valence-electron chi connectivity index (χ3n) is 4.82. The summed E-state index contributed by atoms with van der Waals surface area (Å²) in [6.45, 7) is 5.02. The van der Waals surface area contributed by atoms with Crippen LogP contribution in [-0.2, 0) is 9.47 Å². The van der Waals surface area contributed by atoms with Crippen LogP contribution in [0, 0.1) is 0 Å². The van der Waals surface area contributed by atoms with Crippen molar-refractivity contribution in [2.75, 3.05) is 13.2 Å². The van der Waals surface area contributed by atoms with E-state index in [1.807, 2.05) is 30.3 Å². The topological polar surface area (TPSA) is 52.6 Å². The highest BCUT2D eigenvalue weighted by molar-refractivity contribution is 6.12. The summed E-state index contributed by atoms with van der Waals surface area (Å²) in [7, 11) is 0. The van der Waals surface area contributed by atoms with E-state index in [1.165, 1.54) is 0 Å². The SMILES string of the molecule is CCCCCCOC(=O)c1ccc2ccccc2c1C(=O)OCCCCCC. The van der Waals surface area contributed by atoms with Gasteiger partial charge in [-0.15, -0.1) is 0 Å². The Morgan fingerprint density at radius 3 is 1.96 bits per heavy atom. The Kier molecular flexibility index (Phi) is 9.53. The van der Waals surface area contributed by atoms with Crippen LogP contribution in [0.5, 0.6) is 0 Å². The maximum atomic E-state index is 12.8. The molecule has 4 heteroatoms. The molecule has 28 heavy (non-hydrogen) atoms. The van der Waals surface area contributed by atoms with Gasteiger partial charge in [0.25, 0.3) is 0 Å². The monoisotopic (exact) mass is 384 g/mol. The Labute approximate surface area is 168 Å². The molecule has 2 rings (SSSR count). The number of esters is 2. The molecule has 0 aliphatic rings. The van der Waals surface area contributed by atoms with E-state index < -0.39 is 11.9 Å². The third kappa shape index (κ3) is 6.36. The lowest BCUT2D eigenvalue weighted by Gasteiger charge is -2.13. The number of carbonyl (C=O) groups excluding carboxylic acids is 2. The van der Waals surface area contributed by atoms with Crippen LogP contribution in [0.15, 0.2) is 36.4 Å². The van der Waals surface area contributed by atoms with E-state index in [0.717, 1.165) is 62.1 Å². The van der Waals surface area contributed by atoms with Crippen LogP contribution in [0.2, 0.25) is 0 Å². The fourth-order valence-electron chi connectivity index (χ4n) is 3.20. The molecule has 0 saturated carbocycles. The first-order valence-corrected chi connectivity index (χ1v) is 10.5. The van der Waals surface area contributed by atoms with Crippen LogP contribution in [-0.4, -0.2) is 25.2 Å². The minimum atomic E-state index is -0.458. The molecule has 0 heterocycles. The third-order valence-corrected chi connectivity index (χ3v) is 4.82. The first-order chi connectivity index (χ1) is 13.7. The quantitative estimate of drug-likeness (QED) is 0.318. The second kappa shape index (κ2) is 12.2. The van der Waals surface area contributed by atoms with Gasteiger partial charge in [-0.3, -0.25) is 0 Å². The van der Waals surface area contributed by atoms with E-state index in [-0.39, 0.29) is 5.56 Å². The summed E-state index contributed by atoms with van der Waals surface area (Å²) in [4.78, 5) is 25.4. The molecular formula is C24H32O4. The number of ether oxygens (including phenoxy) is 2. The molecule has 0 aliphatic carbocycles. The molecule has 0 saturated heterocycles. The molecule has 152 valence electrons. The average Bonchev–Trinajstić information content (AvgIpc) is 2.72. The Hall–Kier alpha value is -2.36. The predicted octanol–water partition coefficient (Wildman–Crippen LogP) is 6.31. The van der Waals surface area contributed by atoms with Crippen molar-refractivity contribution >= 4 is 22.7 Å². The summed E-state index contributed by atoms with van der Waals surface area (Å²) in [6.07, 6.45) is 8.26. The van der Waals surface area contributed by atoms with E-state index >= 15 is 0 Å². The van der Waals surface area contributed by atoms with Gasteiger partial charge in [0, 0.05) is 0 Å². The second-order valence-electron chi connectivity index (χ2n) is 7.10. The lowest BCUT2D eigenvalue weighted by Crippen LogP contribution is -2.15. The van der Waals surface area contributed by atoms with Crippen molar-refractivity contribution in [1.29, 1.82) is 0 Å². The zero-order valence-electron chi connectivity index (χ0n) is 17.2. The molecule has 0 aliphatic heterocycles. The van der Waals surface area contributed by atoms with Gasteiger partial charge in [-0.1, -0.05) is 82.7 Å². The fourth-order valence-corrected chi connectivity index (χ4v) is 3.20. The number of benzene rings is 2. The lowest BCUT2D eigenvalue weighted by atomic mass is 9.99. The Bertz CT molecular complexity index is 766. The highest BCUT2D eigenvalue weighted by Crippen LogP contribution is 2.24. The van der Waals surface area contributed by atoms with Crippen molar-refractivity contribution in [3.8, 4) is 0 Å². The van der Waals surface area contributed by atoms with Crippen LogP contribution >= 0.6 is 0 Å². The van der Waals surface area contributed by atoms with Gasteiger partial charge in [-0.25, -0.2) is 9.59 Å². The van der Waals surface area contributed by atoms with Crippen LogP contribution < -0.4 is 0 Å². The van der Waals surface area contributed by atoms with Gasteiger partial charge in [-0.2, -0.15) is 0 Å². The molecule has 0 aromatic heterocycles. The number of carbonyl (C=O) groups is 2. The van der Waals surface area contributed by atoms with Crippen molar-refractivity contribution in [3.63, 3.8) is 0 Å². The number of hydrogen-bond donors (Lipinski definition) is 0. The highest BCUT2D eigenvalue weighted by Gasteiger charge is 2.22. The smallest absolute Gasteiger partial charge is 0.339 e. The van der Waals surface area contributed by atoms with Gasteiger partial charge in [0.1, 0.15) is 0 Å². The Balaban J connectivity index is 2.14. The number of unbranched alkanes of at least 4 members (excludes halogenated alkanes) is 6. The first-order valence-electron chi connectivity index (χ1n) is 10.5. The number of rotatable bonds is 12. The molecule has 0 N–H and O–H groups in total. The van der Waals surface area contributed by atoms with Crippen molar-refractivity contribution in [3.05, 3.63) is 47.5 Å². The summed E-state index contributed by atoms with van der Waals surface area (Å²) >= 11 is 0.